The average molecular weight is 780 g/mol. The lowest BCUT2D eigenvalue weighted by Crippen LogP contribution is -2.14. The Labute approximate surface area is 355 Å². The number of anilines is 3. The van der Waals surface area contributed by atoms with Crippen molar-refractivity contribution in [2.45, 2.75) is 19.3 Å². The van der Waals surface area contributed by atoms with Crippen LogP contribution in [0.15, 0.2) is 217 Å². The summed E-state index contributed by atoms with van der Waals surface area (Å²) in [5, 5.41) is 7.21. The van der Waals surface area contributed by atoms with Gasteiger partial charge in [0.15, 0.2) is 0 Å². The van der Waals surface area contributed by atoms with E-state index in [0.29, 0.717) is 0 Å². The predicted molar refractivity (Wildman–Crippen MR) is 257 cm³/mol. The summed E-state index contributed by atoms with van der Waals surface area (Å²) >= 11 is 0. The van der Waals surface area contributed by atoms with Crippen LogP contribution in [0.5, 0.6) is 0 Å². The van der Waals surface area contributed by atoms with Gasteiger partial charge in [0.05, 0.1) is 0 Å². The molecule has 0 spiro atoms. The van der Waals surface area contributed by atoms with Crippen LogP contribution in [0.25, 0.3) is 88.0 Å². The summed E-state index contributed by atoms with van der Waals surface area (Å²) in [5.74, 6) is 0. The summed E-state index contributed by atoms with van der Waals surface area (Å²) in [6, 6.07) is 77.1. The highest BCUT2D eigenvalue weighted by Gasteiger charge is 2.35. The normalized spacial score (nSPS) is 12.9. The molecule has 1 aromatic heterocycles. The highest BCUT2D eigenvalue weighted by molar-refractivity contribution is 6.28. The lowest BCUT2D eigenvalue weighted by Gasteiger charge is -2.26. The average Bonchev–Trinajstić information content (AvgIpc) is 3.83. The van der Waals surface area contributed by atoms with E-state index >= 15 is 0 Å². The van der Waals surface area contributed by atoms with Crippen molar-refractivity contribution >= 4 is 60.5 Å². The van der Waals surface area contributed by atoms with Gasteiger partial charge in [-0.15, -0.1) is 0 Å². The number of hydrogen-bond acceptors (Lipinski definition) is 2. The summed E-state index contributed by atoms with van der Waals surface area (Å²) in [6.45, 7) is 4.69. The van der Waals surface area contributed by atoms with Crippen molar-refractivity contribution in [3.63, 3.8) is 0 Å². The quantitative estimate of drug-likeness (QED) is 0.167. The fourth-order valence-corrected chi connectivity index (χ4v) is 9.96. The third-order valence-electron chi connectivity index (χ3n) is 13.1. The molecular formula is C59H41NO. The van der Waals surface area contributed by atoms with Crippen molar-refractivity contribution in [2.75, 3.05) is 4.90 Å². The van der Waals surface area contributed by atoms with Crippen LogP contribution in [-0.4, -0.2) is 0 Å². The van der Waals surface area contributed by atoms with Crippen molar-refractivity contribution in [3.05, 3.63) is 223 Å². The van der Waals surface area contributed by atoms with E-state index in [1.165, 1.54) is 76.8 Å². The van der Waals surface area contributed by atoms with Gasteiger partial charge in [0.2, 0.25) is 0 Å². The molecule has 0 fully saturated rings. The van der Waals surface area contributed by atoms with Gasteiger partial charge >= 0.3 is 0 Å². The lowest BCUT2D eigenvalue weighted by molar-refractivity contribution is 0.660. The van der Waals surface area contributed by atoms with Crippen molar-refractivity contribution < 1.29 is 4.42 Å². The van der Waals surface area contributed by atoms with E-state index in [2.05, 4.69) is 231 Å². The molecule has 2 nitrogen and oxygen atoms in total. The van der Waals surface area contributed by atoms with E-state index in [0.717, 1.165) is 39.4 Å². The van der Waals surface area contributed by atoms with Gasteiger partial charge in [-0.2, -0.15) is 0 Å². The van der Waals surface area contributed by atoms with Gasteiger partial charge in [0.25, 0.3) is 0 Å². The molecule has 0 bridgehead atoms. The van der Waals surface area contributed by atoms with Gasteiger partial charge in [0.1, 0.15) is 11.2 Å². The van der Waals surface area contributed by atoms with E-state index in [1.807, 2.05) is 0 Å². The number of furan rings is 1. The first-order chi connectivity index (χ1) is 30.0. The number of benzene rings is 10. The first kappa shape index (κ1) is 35.3. The van der Waals surface area contributed by atoms with Crippen LogP contribution >= 0.6 is 0 Å². The van der Waals surface area contributed by atoms with Gasteiger partial charge in [0, 0.05) is 38.8 Å². The molecule has 0 radical (unpaired) electrons. The first-order valence-electron chi connectivity index (χ1n) is 21.2. The summed E-state index contributed by atoms with van der Waals surface area (Å²) in [6.07, 6.45) is 0. The molecule has 11 aromatic rings. The summed E-state index contributed by atoms with van der Waals surface area (Å²) in [7, 11) is 0. The SMILES string of the molecule is CC1(C)c2ccccc2-c2ccc(-c3ccc(N(c4ccccc4)c4ccc(-c5ccc(-c6cc7ccccc7c7c6oc6ccc8ccccc8c67)cc5)cc4)cc3)cc21. The van der Waals surface area contributed by atoms with Gasteiger partial charge in [-0.05, 0) is 126 Å². The zero-order valence-corrected chi connectivity index (χ0v) is 34.1. The second kappa shape index (κ2) is 13.7. The first-order valence-corrected chi connectivity index (χ1v) is 21.2. The molecule has 1 aliphatic carbocycles. The number of hydrogen-bond donors (Lipinski definition) is 0. The summed E-state index contributed by atoms with van der Waals surface area (Å²) in [4.78, 5) is 2.33. The van der Waals surface area contributed by atoms with Crippen LogP contribution in [0.2, 0.25) is 0 Å². The number of rotatable bonds is 6. The number of para-hydroxylation sites is 1. The van der Waals surface area contributed by atoms with E-state index in [-0.39, 0.29) is 5.41 Å². The smallest absolute Gasteiger partial charge is 0.143 e. The summed E-state index contributed by atoms with van der Waals surface area (Å²) < 4.78 is 6.74. The minimum absolute atomic E-state index is 0.0320. The predicted octanol–water partition coefficient (Wildman–Crippen LogP) is 16.7. The molecule has 0 unspecified atom stereocenters. The maximum atomic E-state index is 6.74. The second-order valence-corrected chi connectivity index (χ2v) is 16.9. The molecule has 0 saturated carbocycles. The van der Waals surface area contributed by atoms with Crippen LogP contribution in [0.4, 0.5) is 17.1 Å². The fourth-order valence-electron chi connectivity index (χ4n) is 9.96. The zero-order valence-electron chi connectivity index (χ0n) is 34.1. The molecule has 10 aromatic carbocycles. The third kappa shape index (κ3) is 5.64. The van der Waals surface area contributed by atoms with Crippen molar-refractivity contribution in [2.24, 2.45) is 0 Å². The summed E-state index contributed by atoms with van der Waals surface area (Å²) in [5.41, 5.74) is 17.7. The standard InChI is InChI=1S/C59H41NO/c1-59(2)53-19-11-10-18-50(53)51-34-28-43(37-54(51)59)40-26-32-47(33-27-40)60(45-14-4-3-5-15-45)46-30-24-39(25-31-46)38-20-22-42(23-21-38)52-36-44-13-7-9-17-49(44)57-56-48-16-8-6-12-41(48)29-35-55(56)61-58(52)57/h3-37H,1-2H3. The Hall–Kier alpha value is -7.68. The highest BCUT2D eigenvalue weighted by Crippen LogP contribution is 2.50. The van der Waals surface area contributed by atoms with Gasteiger partial charge in [-0.1, -0.05) is 172 Å². The molecule has 288 valence electrons. The molecule has 0 aliphatic heterocycles. The molecule has 2 heteroatoms. The lowest BCUT2D eigenvalue weighted by atomic mass is 9.81. The maximum Gasteiger partial charge on any atom is 0.143 e. The Morgan fingerprint density at radius 2 is 0.885 bits per heavy atom. The van der Waals surface area contributed by atoms with Gasteiger partial charge < -0.3 is 9.32 Å². The monoisotopic (exact) mass is 779 g/mol. The van der Waals surface area contributed by atoms with Crippen molar-refractivity contribution in [1.29, 1.82) is 0 Å². The van der Waals surface area contributed by atoms with Crippen LogP contribution in [0.1, 0.15) is 25.0 Å². The van der Waals surface area contributed by atoms with Crippen LogP contribution < -0.4 is 4.90 Å². The third-order valence-corrected chi connectivity index (χ3v) is 13.1. The minimum Gasteiger partial charge on any atom is -0.455 e. The van der Waals surface area contributed by atoms with Crippen molar-refractivity contribution in [3.8, 4) is 44.5 Å². The van der Waals surface area contributed by atoms with E-state index < -0.39 is 0 Å². The Balaban J connectivity index is 0.868. The Morgan fingerprint density at radius 3 is 1.61 bits per heavy atom. The Bertz CT molecular complexity index is 3470. The van der Waals surface area contributed by atoms with Crippen LogP contribution in [0, 0.1) is 0 Å². The molecule has 0 saturated heterocycles. The number of nitrogens with zero attached hydrogens (tertiary/aromatic N) is 1. The molecule has 0 N–H and O–H groups in total. The molecule has 0 atom stereocenters. The van der Waals surface area contributed by atoms with Gasteiger partial charge in [-0.3, -0.25) is 0 Å². The van der Waals surface area contributed by atoms with Crippen LogP contribution in [-0.2, 0) is 5.41 Å². The molecule has 1 aliphatic rings. The second-order valence-electron chi connectivity index (χ2n) is 16.9. The minimum atomic E-state index is -0.0320. The Kier molecular flexibility index (Phi) is 7.92. The topological polar surface area (TPSA) is 16.4 Å². The van der Waals surface area contributed by atoms with Crippen LogP contribution in [0.3, 0.4) is 0 Å². The molecular weight excluding hydrogens is 739 g/mol. The molecule has 1 heterocycles. The largest absolute Gasteiger partial charge is 0.455 e. The fraction of sp³-hybridized carbons (Fsp3) is 0.0508. The zero-order chi connectivity index (χ0) is 40.7. The molecule has 0 amide bonds. The highest BCUT2D eigenvalue weighted by atomic mass is 16.3. The Morgan fingerprint density at radius 1 is 0.361 bits per heavy atom. The molecule has 61 heavy (non-hydrogen) atoms. The van der Waals surface area contributed by atoms with E-state index in [9.17, 15) is 0 Å². The van der Waals surface area contributed by atoms with Gasteiger partial charge in [-0.25, -0.2) is 0 Å². The van der Waals surface area contributed by atoms with E-state index in [4.69, 9.17) is 4.42 Å². The van der Waals surface area contributed by atoms with E-state index in [1.54, 1.807) is 0 Å². The maximum absolute atomic E-state index is 6.74. The number of fused-ring (bicyclic) bond motifs is 10. The molecule has 12 rings (SSSR count). The van der Waals surface area contributed by atoms with Crippen molar-refractivity contribution in [1.82, 2.24) is 0 Å².